The van der Waals surface area contributed by atoms with Gasteiger partial charge in [0.1, 0.15) is 0 Å². The fraction of sp³-hybridized carbons (Fsp3) is 0.0732. The van der Waals surface area contributed by atoms with Crippen molar-refractivity contribution >= 4 is 49.7 Å². The zero-order valence-electron chi connectivity index (χ0n) is 24.5. The number of rotatable bonds is 5. The maximum absolute atomic E-state index is 3.95. The molecule has 0 spiro atoms. The molecule has 0 radical (unpaired) electrons. The zero-order valence-corrected chi connectivity index (χ0v) is 24.5. The van der Waals surface area contributed by atoms with E-state index in [4.69, 9.17) is 0 Å². The summed E-state index contributed by atoms with van der Waals surface area (Å²) < 4.78 is 4.96. The first-order chi connectivity index (χ1) is 21.1. The Morgan fingerprint density at radius 1 is 0.581 bits per heavy atom. The van der Waals surface area contributed by atoms with E-state index in [1.807, 2.05) is 6.08 Å². The number of hydrogen-bond acceptors (Lipinski definition) is 0. The highest BCUT2D eigenvalue weighted by atomic mass is 15.0. The molecule has 0 N–H and O–H groups in total. The van der Waals surface area contributed by atoms with Crippen molar-refractivity contribution in [1.29, 1.82) is 0 Å². The van der Waals surface area contributed by atoms with E-state index in [9.17, 15) is 0 Å². The van der Waals surface area contributed by atoms with Crippen LogP contribution >= 0.6 is 0 Å². The zero-order chi connectivity index (χ0) is 29.1. The molecule has 8 rings (SSSR count). The van der Waals surface area contributed by atoms with Crippen LogP contribution in [-0.2, 0) is 6.54 Å². The third kappa shape index (κ3) is 3.94. The summed E-state index contributed by atoms with van der Waals surface area (Å²) in [5.41, 5.74) is 13.7. The molecule has 0 fully saturated rings. The van der Waals surface area contributed by atoms with Crippen LogP contribution in [0, 0.1) is 13.8 Å². The number of nitrogens with zero attached hydrogens (tertiary/aromatic N) is 2. The summed E-state index contributed by atoms with van der Waals surface area (Å²) in [6, 6.07) is 46.6. The second-order valence-corrected chi connectivity index (χ2v) is 11.6. The summed E-state index contributed by atoms with van der Waals surface area (Å²) in [5, 5.41) is 5.12. The lowest BCUT2D eigenvalue weighted by Crippen LogP contribution is -2.02. The predicted octanol–water partition coefficient (Wildman–Crippen LogP) is 10.9. The summed E-state index contributed by atoms with van der Waals surface area (Å²) in [6.07, 6.45) is 1.90. The van der Waals surface area contributed by atoms with Gasteiger partial charge in [-0.05, 0) is 65.9 Å². The third-order valence-electron chi connectivity index (χ3n) is 9.03. The van der Waals surface area contributed by atoms with Gasteiger partial charge in [0, 0.05) is 39.3 Å². The molecule has 0 bridgehead atoms. The molecule has 0 saturated carbocycles. The molecule has 2 nitrogen and oxygen atoms in total. The first-order valence-corrected chi connectivity index (χ1v) is 14.9. The molecule has 0 aliphatic heterocycles. The van der Waals surface area contributed by atoms with Crippen molar-refractivity contribution in [2.24, 2.45) is 0 Å². The summed E-state index contributed by atoms with van der Waals surface area (Å²) in [5.74, 6) is 0. The molecule has 8 aromatic rings. The molecule has 2 heteroatoms. The van der Waals surface area contributed by atoms with Crippen LogP contribution in [0.25, 0.3) is 66.5 Å². The SMILES string of the molecule is C=Cc1ccc(Cn2c3cc(-n4c5ccccc5c5ccccc54)ccc3c3ccc(C)c(-c4ccccc4C)c32)cc1. The third-order valence-corrected chi connectivity index (χ3v) is 9.03. The van der Waals surface area contributed by atoms with E-state index in [0.29, 0.717) is 0 Å². The number of fused-ring (bicyclic) bond motifs is 6. The second-order valence-electron chi connectivity index (χ2n) is 11.6. The predicted molar refractivity (Wildman–Crippen MR) is 184 cm³/mol. The van der Waals surface area contributed by atoms with Crippen LogP contribution in [0.1, 0.15) is 22.3 Å². The van der Waals surface area contributed by atoms with Gasteiger partial charge < -0.3 is 9.13 Å². The first kappa shape index (κ1) is 25.4. The molecule has 0 aliphatic rings. The van der Waals surface area contributed by atoms with Crippen molar-refractivity contribution in [3.63, 3.8) is 0 Å². The Hall–Kier alpha value is -5.34. The Kier molecular flexibility index (Phi) is 5.84. The minimum Gasteiger partial charge on any atom is -0.335 e. The molecule has 206 valence electrons. The lowest BCUT2D eigenvalue weighted by atomic mass is 9.94. The largest absolute Gasteiger partial charge is 0.335 e. The molecule has 6 aromatic carbocycles. The van der Waals surface area contributed by atoms with E-state index < -0.39 is 0 Å². The van der Waals surface area contributed by atoms with Gasteiger partial charge in [-0.3, -0.25) is 0 Å². The van der Waals surface area contributed by atoms with Gasteiger partial charge in [0.15, 0.2) is 0 Å². The van der Waals surface area contributed by atoms with E-state index in [2.05, 4.69) is 157 Å². The molecular weight excluding hydrogens is 520 g/mol. The average molecular weight is 553 g/mol. The van der Waals surface area contributed by atoms with Crippen molar-refractivity contribution in [1.82, 2.24) is 9.13 Å². The highest BCUT2D eigenvalue weighted by Crippen LogP contribution is 2.41. The van der Waals surface area contributed by atoms with E-state index in [1.54, 1.807) is 0 Å². The standard InChI is InChI=1S/C41H32N2/c1-4-29-18-20-30(21-19-29)26-42-39-25-31(43-37-15-9-7-13-33(37)34-14-8-10-16-38(34)43)22-24-35(39)36-23-17-28(3)40(41(36)42)32-12-6-5-11-27(32)2/h4-25H,1,26H2,2-3H3. The molecular formula is C41H32N2. The minimum atomic E-state index is 0.774. The monoisotopic (exact) mass is 552 g/mol. The van der Waals surface area contributed by atoms with Gasteiger partial charge in [-0.2, -0.15) is 0 Å². The highest BCUT2D eigenvalue weighted by molar-refractivity contribution is 6.14. The normalized spacial score (nSPS) is 11.7. The Bertz CT molecular complexity index is 2290. The van der Waals surface area contributed by atoms with Crippen LogP contribution in [0.2, 0.25) is 0 Å². The molecule has 0 aliphatic carbocycles. The smallest absolute Gasteiger partial charge is 0.0577 e. The fourth-order valence-electron chi connectivity index (χ4n) is 6.92. The number of aromatic nitrogens is 2. The van der Waals surface area contributed by atoms with Crippen molar-refractivity contribution in [3.05, 3.63) is 156 Å². The number of aryl methyl sites for hydroxylation is 2. The Labute approximate surface area is 251 Å². The Morgan fingerprint density at radius 2 is 1.21 bits per heavy atom. The van der Waals surface area contributed by atoms with Crippen LogP contribution in [0.3, 0.4) is 0 Å². The lowest BCUT2D eigenvalue weighted by molar-refractivity contribution is 0.868. The minimum absolute atomic E-state index is 0.774. The van der Waals surface area contributed by atoms with Crippen molar-refractivity contribution in [2.45, 2.75) is 20.4 Å². The first-order valence-electron chi connectivity index (χ1n) is 14.9. The van der Waals surface area contributed by atoms with Crippen molar-refractivity contribution in [3.8, 4) is 16.8 Å². The van der Waals surface area contributed by atoms with Crippen molar-refractivity contribution in [2.75, 3.05) is 0 Å². The topological polar surface area (TPSA) is 9.86 Å². The molecule has 0 amide bonds. The van der Waals surface area contributed by atoms with Crippen LogP contribution in [0.4, 0.5) is 0 Å². The van der Waals surface area contributed by atoms with Gasteiger partial charge >= 0.3 is 0 Å². The van der Waals surface area contributed by atoms with Gasteiger partial charge in [0.2, 0.25) is 0 Å². The van der Waals surface area contributed by atoms with Gasteiger partial charge in [0.05, 0.1) is 22.1 Å². The van der Waals surface area contributed by atoms with Gasteiger partial charge in [-0.1, -0.05) is 116 Å². The van der Waals surface area contributed by atoms with Crippen LogP contribution in [-0.4, -0.2) is 9.13 Å². The average Bonchev–Trinajstić information content (AvgIpc) is 3.54. The van der Waals surface area contributed by atoms with Crippen LogP contribution < -0.4 is 0 Å². The lowest BCUT2D eigenvalue weighted by Gasteiger charge is -2.16. The second kappa shape index (κ2) is 9.89. The maximum atomic E-state index is 3.95. The van der Waals surface area contributed by atoms with Gasteiger partial charge in [0.25, 0.3) is 0 Å². The maximum Gasteiger partial charge on any atom is 0.0577 e. The highest BCUT2D eigenvalue weighted by Gasteiger charge is 2.20. The van der Waals surface area contributed by atoms with Gasteiger partial charge in [-0.25, -0.2) is 0 Å². The molecule has 0 atom stereocenters. The number of hydrogen-bond donors (Lipinski definition) is 0. The molecule has 0 saturated heterocycles. The number of para-hydroxylation sites is 2. The van der Waals surface area contributed by atoms with E-state index in [0.717, 1.165) is 12.1 Å². The Morgan fingerprint density at radius 3 is 1.91 bits per heavy atom. The number of benzene rings is 6. The van der Waals surface area contributed by atoms with Crippen molar-refractivity contribution < 1.29 is 0 Å². The summed E-state index contributed by atoms with van der Waals surface area (Å²) in [7, 11) is 0. The molecule has 2 aromatic heterocycles. The summed E-state index contributed by atoms with van der Waals surface area (Å²) in [6.45, 7) is 9.18. The fourth-order valence-corrected chi connectivity index (χ4v) is 6.92. The Balaban J connectivity index is 1.46. The van der Waals surface area contributed by atoms with Gasteiger partial charge in [-0.15, -0.1) is 0 Å². The van der Waals surface area contributed by atoms with E-state index in [-0.39, 0.29) is 0 Å². The van der Waals surface area contributed by atoms with Crippen LogP contribution in [0.15, 0.2) is 134 Å². The molecule has 2 heterocycles. The quantitative estimate of drug-likeness (QED) is 0.201. The van der Waals surface area contributed by atoms with E-state index in [1.165, 1.54) is 77.1 Å². The molecule has 0 unspecified atom stereocenters. The summed E-state index contributed by atoms with van der Waals surface area (Å²) in [4.78, 5) is 0. The molecule has 43 heavy (non-hydrogen) atoms. The van der Waals surface area contributed by atoms with Crippen LogP contribution in [0.5, 0.6) is 0 Å². The van der Waals surface area contributed by atoms with E-state index >= 15 is 0 Å². The summed E-state index contributed by atoms with van der Waals surface area (Å²) >= 11 is 0.